The number of hydrogen-bond acceptors (Lipinski definition) is 5. The summed E-state index contributed by atoms with van der Waals surface area (Å²) in [6.07, 6.45) is 0.278. The van der Waals surface area contributed by atoms with Gasteiger partial charge >= 0.3 is 0 Å². The van der Waals surface area contributed by atoms with Gasteiger partial charge in [0.15, 0.2) is 5.13 Å². The second kappa shape index (κ2) is 6.36. The maximum atomic E-state index is 11.3. The minimum absolute atomic E-state index is 0.0556. The van der Waals surface area contributed by atoms with Crippen molar-refractivity contribution in [2.24, 2.45) is 0 Å². The number of nitrogens with two attached hydrogens (primary N) is 1. The molecule has 1 aromatic heterocycles. The average Bonchev–Trinajstić information content (AvgIpc) is 2.59. The van der Waals surface area contributed by atoms with Gasteiger partial charge in [0, 0.05) is 18.5 Å². The zero-order valence-corrected chi connectivity index (χ0v) is 9.47. The lowest BCUT2D eigenvalue weighted by Crippen LogP contribution is -2.28. The standard InChI is InChI=1S/C9H15N3O2S/c1-2-14-4-3-11-8(13)5-7-6-15-9(10)12-7/h6H,2-5H2,1H3,(H2,10,12)(H,11,13). The molecule has 0 unspecified atom stereocenters. The van der Waals surface area contributed by atoms with E-state index in [2.05, 4.69) is 10.3 Å². The van der Waals surface area contributed by atoms with Crippen molar-refractivity contribution in [1.82, 2.24) is 10.3 Å². The number of thiazole rings is 1. The first kappa shape index (κ1) is 11.9. The van der Waals surface area contributed by atoms with Crippen LogP contribution < -0.4 is 11.1 Å². The molecule has 1 aromatic rings. The van der Waals surface area contributed by atoms with Gasteiger partial charge in [-0.15, -0.1) is 11.3 Å². The first-order valence-electron chi connectivity index (χ1n) is 4.76. The summed E-state index contributed by atoms with van der Waals surface area (Å²) in [7, 11) is 0. The fourth-order valence-electron chi connectivity index (χ4n) is 1.04. The molecule has 0 aliphatic heterocycles. The predicted molar refractivity (Wildman–Crippen MR) is 59.7 cm³/mol. The number of nitrogen functional groups attached to an aromatic ring is 1. The van der Waals surface area contributed by atoms with Crippen LogP contribution in [0.5, 0.6) is 0 Å². The summed E-state index contributed by atoms with van der Waals surface area (Å²) < 4.78 is 5.09. The van der Waals surface area contributed by atoms with Crippen molar-refractivity contribution < 1.29 is 9.53 Å². The van der Waals surface area contributed by atoms with Crippen molar-refractivity contribution >= 4 is 22.4 Å². The number of carbonyl (C=O) groups is 1. The molecule has 0 radical (unpaired) electrons. The van der Waals surface area contributed by atoms with Crippen LogP contribution in [0.25, 0.3) is 0 Å². The van der Waals surface area contributed by atoms with Crippen LogP contribution in [0.15, 0.2) is 5.38 Å². The Morgan fingerprint density at radius 1 is 1.73 bits per heavy atom. The van der Waals surface area contributed by atoms with Crippen molar-refractivity contribution in [3.05, 3.63) is 11.1 Å². The van der Waals surface area contributed by atoms with Crippen LogP contribution in [0.2, 0.25) is 0 Å². The summed E-state index contributed by atoms with van der Waals surface area (Å²) in [5.41, 5.74) is 6.16. The number of ether oxygens (including phenoxy) is 1. The molecular formula is C9H15N3O2S. The normalized spacial score (nSPS) is 10.2. The van der Waals surface area contributed by atoms with Gasteiger partial charge in [0.2, 0.25) is 5.91 Å². The molecule has 1 heterocycles. The Hall–Kier alpha value is -1.14. The fraction of sp³-hybridized carbons (Fsp3) is 0.556. The highest BCUT2D eigenvalue weighted by atomic mass is 32.1. The van der Waals surface area contributed by atoms with Gasteiger partial charge < -0.3 is 15.8 Å². The zero-order chi connectivity index (χ0) is 11.1. The van der Waals surface area contributed by atoms with E-state index in [1.165, 1.54) is 11.3 Å². The zero-order valence-electron chi connectivity index (χ0n) is 8.66. The minimum Gasteiger partial charge on any atom is -0.380 e. The van der Waals surface area contributed by atoms with Gasteiger partial charge in [-0.25, -0.2) is 4.98 Å². The molecule has 0 saturated carbocycles. The molecule has 6 heteroatoms. The maximum Gasteiger partial charge on any atom is 0.226 e. The fourth-order valence-corrected chi connectivity index (χ4v) is 1.60. The number of hydrogen-bond donors (Lipinski definition) is 2. The highest BCUT2D eigenvalue weighted by Crippen LogP contribution is 2.10. The molecule has 0 aliphatic carbocycles. The summed E-state index contributed by atoms with van der Waals surface area (Å²) in [4.78, 5) is 15.3. The van der Waals surface area contributed by atoms with Crippen LogP contribution >= 0.6 is 11.3 Å². The van der Waals surface area contributed by atoms with E-state index < -0.39 is 0 Å². The number of amides is 1. The Labute approximate surface area is 92.6 Å². The van der Waals surface area contributed by atoms with Crippen molar-refractivity contribution in [2.45, 2.75) is 13.3 Å². The summed E-state index contributed by atoms with van der Waals surface area (Å²) in [5, 5.41) is 5.02. The molecule has 3 N–H and O–H groups in total. The Kier molecular flexibility index (Phi) is 5.06. The smallest absolute Gasteiger partial charge is 0.226 e. The molecule has 0 bridgehead atoms. The quantitative estimate of drug-likeness (QED) is 0.693. The number of carbonyl (C=O) groups excluding carboxylic acids is 1. The maximum absolute atomic E-state index is 11.3. The van der Waals surface area contributed by atoms with E-state index in [9.17, 15) is 4.79 Å². The number of rotatable bonds is 6. The largest absolute Gasteiger partial charge is 0.380 e. The van der Waals surface area contributed by atoms with Crippen LogP contribution in [0.4, 0.5) is 5.13 Å². The van der Waals surface area contributed by atoms with Crippen LogP contribution in [0.3, 0.4) is 0 Å². The highest BCUT2D eigenvalue weighted by molar-refractivity contribution is 7.13. The number of anilines is 1. The Balaban J connectivity index is 2.18. The highest BCUT2D eigenvalue weighted by Gasteiger charge is 2.05. The molecular weight excluding hydrogens is 214 g/mol. The third-order valence-corrected chi connectivity index (χ3v) is 2.41. The van der Waals surface area contributed by atoms with Gasteiger partial charge in [0.1, 0.15) is 0 Å². The molecule has 0 spiro atoms. The van der Waals surface area contributed by atoms with Gasteiger partial charge in [0.25, 0.3) is 0 Å². The van der Waals surface area contributed by atoms with E-state index in [1.54, 1.807) is 5.38 Å². The van der Waals surface area contributed by atoms with E-state index >= 15 is 0 Å². The van der Waals surface area contributed by atoms with Crippen molar-refractivity contribution in [2.75, 3.05) is 25.5 Å². The molecule has 15 heavy (non-hydrogen) atoms. The first-order chi connectivity index (χ1) is 7.22. The van der Waals surface area contributed by atoms with Crippen LogP contribution in [0, 0.1) is 0 Å². The van der Waals surface area contributed by atoms with E-state index in [0.717, 1.165) is 0 Å². The van der Waals surface area contributed by atoms with E-state index in [0.29, 0.717) is 30.6 Å². The second-order valence-electron chi connectivity index (χ2n) is 2.90. The van der Waals surface area contributed by atoms with Crippen molar-refractivity contribution in [3.63, 3.8) is 0 Å². The number of nitrogens with one attached hydrogen (secondary N) is 1. The number of aromatic nitrogens is 1. The lowest BCUT2D eigenvalue weighted by Gasteiger charge is -2.03. The molecule has 1 amide bonds. The summed E-state index contributed by atoms with van der Waals surface area (Å²) in [6, 6.07) is 0. The van der Waals surface area contributed by atoms with Crippen molar-refractivity contribution in [3.8, 4) is 0 Å². The van der Waals surface area contributed by atoms with E-state index in [1.807, 2.05) is 6.92 Å². The van der Waals surface area contributed by atoms with Gasteiger partial charge in [0.05, 0.1) is 18.7 Å². The molecule has 0 saturated heterocycles. The molecule has 1 rings (SSSR count). The summed E-state index contributed by atoms with van der Waals surface area (Å²) in [5.74, 6) is -0.0556. The van der Waals surface area contributed by atoms with Gasteiger partial charge in [-0.3, -0.25) is 4.79 Å². The van der Waals surface area contributed by atoms with Gasteiger partial charge in [-0.2, -0.15) is 0 Å². The lowest BCUT2D eigenvalue weighted by molar-refractivity contribution is -0.120. The average molecular weight is 229 g/mol. The molecule has 0 fully saturated rings. The number of nitrogens with zero attached hydrogens (tertiary/aromatic N) is 1. The predicted octanol–water partition coefficient (Wildman–Crippen LogP) is 0.420. The molecule has 0 aromatic carbocycles. The lowest BCUT2D eigenvalue weighted by atomic mass is 10.3. The molecule has 0 atom stereocenters. The summed E-state index contributed by atoms with van der Waals surface area (Å²) in [6.45, 7) is 3.66. The van der Waals surface area contributed by atoms with Crippen LogP contribution in [-0.2, 0) is 16.0 Å². The van der Waals surface area contributed by atoms with Gasteiger partial charge in [-0.1, -0.05) is 0 Å². The van der Waals surface area contributed by atoms with Crippen molar-refractivity contribution in [1.29, 1.82) is 0 Å². The first-order valence-corrected chi connectivity index (χ1v) is 5.64. The Morgan fingerprint density at radius 3 is 3.13 bits per heavy atom. The summed E-state index contributed by atoms with van der Waals surface area (Å²) >= 11 is 1.34. The monoisotopic (exact) mass is 229 g/mol. The van der Waals surface area contributed by atoms with Crippen LogP contribution in [0.1, 0.15) is 12.6 Å². The molecule has 84 valence electrons. The molecule has 5 nitrogen and oxygen atoms in total. The molecule has 0 aliphatic rings. The van der Waals surface area contributed by atoms with E-state index in [-0.39, 0.29) is 12.3 Å². The van der Waals surface area contributed by atoms with Gasteiger partial charge in [-0.05, 0) is 6.92 Å². The Bertz CT molecular complexity index is 314. The van der Waals surface area contributed by atoms with E-state index in [4.69, 9.17) is 10.5 Å². The SMILES string of the molecule is CCOCCNC(=O)Cc1csc(N)n1. The second-order valence-corrected chi connectivity index (χ2v) is 3.79. The third kappa shape index (κ3) is 4.75. The third-order valence-electron chi connectivity index (χ3n) is 1.68. The van der Waals surface area contributed by atoms with Crippen LogP contribution in [-0.4, -0.2) is 30.6 Å². The Morgan fingerprint density at radius 2 is 2.53 bits per heavy atom. The topological polar surface area (TPSA) is 77.2 Å². The minimum atomic E-state index is -0.0556.